The van der Waals surface area contributed by atoms with Crippen LogP contribution in [0.2, 0.25) is 0 Å². The second-order valence-electron chi connectivity index (χ2n) is 6.95. The van der Waals surface area contributed by atoms with E-state index < -0.39 is 0 Å². The molecule has 0 aliphatic carbocycles. The molecule has 0 spiro atoms. The zero-order chi connectivity index (χ0) is 14.5. The van der Waals surface area contributed by atoms with E-state index in [1.54, 1.807) is 0 Å². The minimum absolute atomic E-state index is 0.176. The fourth-order valence-corrected chi connectivity index (χ4v) is 2.66. The zero-order valence-electron chi connectivity index (χ0n) is 12.9. The van der Waals surface area contributed by atoms with Crippen molar-refractivity contribution in [3.8, 4) is 18.1 Å². The van der Waals surface area contributed by atoms with Crippen molar-refractivity contribution in [1.82, 2.24) is 0 Å². The van der Waals surface area contributed by atoms with Gasteiger partial charge in [-0.1, -0.05) is 46.8 Å². The van der Waals surface area contributed by atoms with Gasteiger partial charge in [0, 0.05) is 6.42 Å². The quantitative estimate of drug-likeness (QED) is 0.544. The first-order chi connectivity index (χ1) is 8.74. The van der Waals surface area contributed by atoms with E-state index in [2.05, 4.69) is 52.7 Å². The van der Waals surface area contributed by atoms with E-state index in [1.807, 2.05) is 12.1 Å². The molecule has 0 saturated heterocycles. The lowest BCUT2D eigenvalue weighted by atomic mass is 9.72. The van der Waals surface area contributed by atoms with Gasteiger partial charge in [0.15, 0.2) is 0 Å². The molecule has 0 aliphatic rings. The maximum Gasteiger partial charge on any atom is 0.119 e. The first-order valence-electron chi connectivity index (χ1n) is 6.91. The lowest BCUT2D eigenvalue weighted by molar-refractivity contribution is 0.283. The van der Waals surface area contributed by atoms with Gasteiger partial charge < -0.3 is 4.74 Å². The summed E-state index contributed by atoms with van der Waals surface area (Å²) in [6, 6.07) is 8.40. The van der Waals surface area contributed by atoms with Crippen LogP contribution in [0.4, 0.5) is 0 Å². The molecule has 0 bridgehead atoms. The van der Waals surface area contributed by atoms with E-state index in [4.69, 9.17) is 11.2 Å². The van der Waals surface area contributed by atoms with Gasteiger partial charge >= 0.3 is 0 Å². The van der Waals surface area contributed by atoms with Crippen LogP contribution in [0.5, 0.6) is 5.75 Å². The van der Waals surface area contributed by atoms with Crippen molar-refractivity contribution in [2.75, 3.05) is 6.61 Å². The van der Waals surface area contributed by atoms with Crippen molar-refractivity contribution >= 4 is 0 Å². The summed E-state index contributed by atoms with van der Waals surface area (Å²) < 4.78 is 5.57. The summed E-state index contributed by atoms with van der Waals surface area (Å²) in [6.07, 6.45) is 7.00. The van der Waals surface area contributed by atoms with Crippen LogP contribution >= 0.6 is 0 Å². The Bertz CT molecular complexity index is 426. The number of benzene rings is 1. The van der Waals surface area contributed by atoms with Crippen LogP contribution in [0, 0.1) is 17.8 Å². The summed E-state index contributed by atoms with van der Waals surface area (Å²) in [4.78, 5) is 0. The fraction of sp³-hybridized carbons (Fsp3) is 0.556. The zero-order valence-corrected chi connectivity index (χ0v) is 12.9. The molecule has 0 aliphatic heterocycles. The van der Waals surface area contributed by atoms with Crippen LogP contribution in [0.1, 0.15) is 53.0 Å². The molecule has 1 aromatic rings. The Hall–Kier alpha value is -1.42. The van der Waals surface area contributed by atoms with Gasteiger partial charge in [0.05, 0.1) is 6.61 Å². The van der Waals surface area contributed by atoms with Gasteiger partial charge in [-0.3, -0.25) is 0 Å². The van der Waals surface area contributed by atoms with Gasteiger partial charge in [-0.2, -0.15) is 0 Å². The highest BCUT2D eigenvalue weighted by Gasteiger charge is 2.27. The van der Waals surface area contributed by atoms with Crippen molar-refractivity contribution in [2.45, 2.75) is 52.9 Å². The molecule has 1 aromatic carbocycles. The van der Waals surface area contributed by atoms with Crippen molar-refractivity contribution in [3.63, 3.8) is 0 Å². The lowest BCUT2D eigenvalue weighted by Crippen LogP contribution is -2.24. The van der Waals surface area contributed by atoms with E-state index in [0.29, 0.717) is 18.4 Å². The third-order valence-electron chi connectivity index (χ3n) is 3.12. The second kappa shape index (κ2) is 6.15. The van der Waals surface area contributed by atoms with Crippen molar-refractivity contribution in [2.24, 2.45) is 5.41 Å². The average molecular weight is 258 g/mol. The number of rotatable bonds is 5. The minimum atomic E-state index is 0.176. The third kappa shape index (κ3) is 5.39. The monoisotopic (exact) mass is 258 g/mol. The summed E-state index contributed by atoms with van der Waals surface area (Å²) in [5.41, 5.74) is 1.85. The average Bonchev–Trinajstić information content (AvgIpc) is 2.27. The van der Waals surface area contributed by atoms with Crippen molar-refractivity contribution in [1.29, 1.82) is 0 Å². The number of terminal acetylenes is 1. The Morgan fingerprint density at radius 1 is 1.05 bits per heavy atom. The van der Waals surface area contributed by atoms with Gasteiger partial charge in [-0.15, -0.1) is 12.3 Å². The van der Waals surface area contributed by atoms with Crippen LogP contribution < -0.4 is 4.74 Å². The Labute approximate surface area is 118 Å². The number of ether oxygens (including phenoxy) is 1. The lowest BCUT2D eigenvalue weighted by Gasteiger charge is -2.33. The summed E-state index contributed by atoms with van der Waals surface area (Å²) in [5, 5.41) is 0. The van der Waals surface area contributed by atoms with Gasteiger partial charge in [0.2, 0.25) is 0 Å². The Morgan fingerprint density at radius 2 is 1.63 bits per heavy atom. The van der Waals surface area contributed by atoms with Gasteiger partial charge in [0.25, 0.3) is 0 Å². The smallest absolute Gasteiger partial charge is 0.119 e. The standard InChI is InChI=1S/C18H26O/c1-7-8-13-19-16-11-9-15(10-12-16)18(5,6)14-17(2,3)4/h1,9-12H,8,13-14H2,2-6H3. The first kappa shape index (κ1) is 15.6. The van der Waals surface area contributed by atoms with Crippen molar-refractivity contribution < 1.29 is 4.74 Å². The Kier molecular flexibility index (Phi) is 5.06. The van der Waals surface area contributed by atoms with E-state index in [1.165, 1.54) is 5.56 Å². The molecule has 0 unspecified atom stereocenters. The fourth-order valence-electron chi connectivity index (χ4n) is 2.66. The van der Waals surface area contributed by atoms with Gasteiger partial charge in [-0.25, -0.2) is 0 Å². The van der Waals surface area contributed by atoms with E-state index in [0.717, 1.165) is 12.2 Å². The molecule has 0 aromatic heterocycles. The predicted octanol–water partition coefficient (Wildman–Crippen LogP) is 4.80. The Morgan fingerprint density at radius 3 is 2.11 bits per heavy atom. The van der Waals surface area contributed by atoms with Crippen LogP contribution in [0.15, 0.2) is 24.3 Å². The predicted molar refractivity (Wildman–Crippen MR) is 82.5 cm³/mol. The highest BCUT2D eigenvalue weighted by molar-refractivity contribution is 5.31. The maximum atomic E-state index is 5.57. The second-order valence-corrected chi connectivity index (χ2v) is 6.95. The molecule has 104 valence electrons. The Balaban J connectivity index is 2.72. The molecular formula is C18H26O. The summed E-state index contributed by atoms with van der Waals surface area (Å²) >= 11 is 0. The molecule has 0 saturated carbocycles. The summed E-state index contributed by atoms with van der Waals surface area (Å²) in [7, 11) is 0. The number of hydrogen-bond acceptors (Lipinski definition) is 1. The molecule has 1 rings (SSSR count). The molecule has 0 fully saturated rings. The summed E-state index contributed by atoms with van der Waals surface area (Å²) in [6.45, 7) is 12.0. The largest absolute Gasteiger partial charge is 0.493 e. The number of hydrogen-bond donors (Lipinski definition) is 0. The highest BCUT2D eigenvalue weighted by Crippen LogP contribution is 2.36. The molecule has 1 heteroatoms. The molecule has 19 heavy (non-hydrogen) atoms. The van der Waals surface area contributed by atoms with Crippen LogP contribution in [0.25, 0.3) is 0 Å². The molecule has 0 amide bonds. The first-order valence-corrected chi connectivity index (χ1v) is 6.91. The molecule has 0 radical (unpaired) electrons. The van der Waals surface area contributed by atoms with Crippen molar-refractivity contribution in [3.05, 3.63) is 29.8 Å². The van der Waals surface area contributed by atoms with Gasteiger partial charge in [0.1, 0.15) is 5.75 Å². The topological polar surface area (TPSA) is 9.23 Å². The summed E-state index contributed by atoms with van der Waals surface area (Å²) in [5.74, 6) is 3.47. The van der Waals surface area contributed by atoms with Crippen LogP contribution in [0.3, 0.4) is 0 Å². The molecule has 0 N–H and O–H groups in total. The molecular weight excluding hydrogens is 232 g/mol. The minimum Gasteiger partial charge on any atom is -0.493 e. The molecule has 0 atom stereocenters. The van der Waals surface area contributed by atoms with E-state index >= 15 is 0 Å². The molecule has 0 heterocycles. The van der Waals surface area contributed by atoms with E-state index in [9.17, 15) is 0 Å². The van der Waals surface area contributed by atoms with Crippen LogP contribution in [-0.4, -0.2) is 6.61 Å². The normalized spacial score (nSPS) is 12.0. The van der Waals surface area contributed by atoms with Crippen LogP contribution in [-0.2, 0) is 5.41 Å². The van der Waals surface area contributed by atoms with E-state index in [-0.39, 0.29) is 5.41 Å². The third-order valence-corrected chi connectivity index (χ3v) is 3.12. The molecule has 1 nitrogen and oxygen atoms in total. The van der Waals surface area contributed by atoms with Gasteiger partial charge in [-0.05, 0) is 34.9 Å². The SMILES string of the molecule is C#CCCOc1ccc(C(C)(C)CC(C)(C)C)cc1. The highest BCUT2D eigenvalue weighted by atomic mass is 16.5. The maximum absolute atomic E-state index is 5.57.